The number of carbonyl (C=O) groups excluding carboxylic acids is 2. The molecule has 0 aliphatic carbocycles. The minimum Gasteiger partial charge on any atom is -0.459 e. The quantitative estimate of drug-likeness (QED) is 0.563. The van der Waals surface area contributed by atoms with Crippen molar-refractivity contribution in [2.45, 2.75) is 40.7 Å². The fourth-order valence-corrected chi connectivity index (χ4v) is 3.54. The Bertz CT molecular complexity index is 1060. The van der Waals surface area contributed by atoms with Crippen LogP contribution < -0.4 is 10.6 Å². The molecule has 1 amide bonds. The standard InChI is InChI=1S/C21H23N5O3S/c1-11(2)29-19(28)17-14(5)24-21(30-17)26-18(27)15-6-8-16(9-7-15)25-20-22-12(3)10-13(4)23-20/h6-11H,1-5H3,(H,22,23,25)(H,24,26,27). The Morgan fingerprint density at radius 2 is 1.63 bits per heavy atom. The van der Waals surface area contributed by atoms with Crippen molar-refractivity contribution in [3.63, 3.8) is 0 Å². The zero-order chi connectivity index (χ0) is 21.8. The lowest BCUT2D eigenvalue weighted by molar-refractivity contribution is 0.0382. The second-order valence-electron chi connectivity index (χ2n) is 7.02. The highest BCUT2D eigenvalue weighted by Crippen LogP contribution is 2.24. The summed E-state index contributed by atoms with van der Waals surface area (Å²) in [4.78, 5) is 37.9. The fourth-order valence-electron chi connectivity index (χ4n) is 2.69. The van der Waals surface area contributed by atoms with Crippen LogP contribution in [0.1, 0.15) is 51.0 Å². The average Bonchev–Trinajstić information content (AvgIpc) is 3.01. The Morgan fingerprint density at radius 3 is 2.23 bits per heavy atom. The number of hydrogen-bond donors (Lipinski definition) is 2. The molecule has 0 aliphatic rings. The van der Waals surface area contributed by atoms with Crippen LogP contribution in [-0.2, 0) is 4.74 Å². The summed E-state index contributed by atoms with van der Waals surface area (Å²) < 4.78 is 5.20. The first kappa shape index (κ1) is 21.4. The molecule has 30 heavy (non-hydrogen) atoms. The number of amides is 1. The summed E-state index contributed by atoms with van der Waals surface area (Å²) in [5, 5.41) is 6.20. The van der Waals surface area contributed by atoms with Crippen LogP contribution in [-0.4, -0.2) is 32.9 Å². The zero-order valence-corrected chi connectivity index (χ0v) is 18.3. The molecule has 3 rings (SSSR count). The lowest BCUT2D eigenvalue weighted by Gasteiger charge is -2.07. The molecule has 156 valence electrons. The van der Waals surface area contributed by atoms with Gasteiger partial charge in [-0.1, -0.05) is 11.3 Å². The highest BCUT2D eigenvalue weighted by molar-refractivity contribution is 7.17. The molecule has 0 bridgehead atoms. The summed E-state index contributed by atoms with van der Waals surface area (Å²) in [6.07, 6.45) is -0.224. The van der Waals surface area contributed by atoms with Gasteiger partial charge in [-0.25, -0.2) is 19.7 Å². The summed E-state index contributed by atoms with van der Waals surface area (Å²) in [7, 11) is 0. The van der Waals surface area contributed by atoms with Crippen molar-refractivity contribution >= 4 is 40.0 Å². The second kappa shape index (κ2) is 9.00. The van der Waals surface area contributed by atoms with Gasteiger partial charge in [0.15, 0.2) is 5.13 Å². The van der Waals surface area contributed by atoms with Gasteiger partial charge in [0.25, 0.3) is 5.91 Å². The molecule has 2 aromatic heterocycles. The van der Waals surface area contributed by atoms with Gasteiger partial charge in [0.2, 0.25) is 5.95 Å². The third-order valence-electron chi connectivity index (χ3n) is 3.93. The van der Waals surface area contributed by atoms with E-state index in [1.54, 1.807) is 45.0 Å². The van der Waals surface area contributed by atoms with E-state index in [1.807, 2.05) is 19.9 Å². The van der Waals surface area contributed by atoms with Gasteiger partial charge in [-0.2, -0.15) is 0 Å². The van der Waals surface area contributed by atoms with E-state index < -0.39 is 5.97 Å². The number of aryl methyl sites for hydroxylation is 3. The van der Waals surface area contributed by atoms with Crippen LogP contribution in [0.25, 0.3) is 0 Å². The monoisotopic (exact) mass is 425 g/mol. The lowest BCUT2D eigenvalue weighted by atomic mass is 10.2. The van der Waals surface area contributed by atoms with Crippen LogP contribution in [0, 0.1) is 20.8 Å². The number of nitrogens with one attached hydrogen (secondary N) is 2. The van der Waals surface area contributed by atoms with Crippen molar-refractivity contribution in [2.24, 2.45) is 0 Å². The van der Waals surface area contributed by atoms with Crippen LogP contribution in [0.3, 0.4) is 0 Å². The van der Waals surface area contributed by atoms with Gasteiger partial charge in [-0.05, 0) is 65.0 Å². The highest BCUT2D eigenvalue weighted by atomic mass is 32.1. The number of esters is 1. The van der Waals surface area contributed by atoms with Crippen molar-refractivity contribution in [3.05, 3.63) is 57.9 Å². The molecule has 0 spiro atoms. The van der Waals surface area contributed by atoms with E-state index in [2.05, 4.69) is 25.6 Å². The Balaban J connectivity index is 1.67. The smallest absolute Gasteiger partial charge is 0.350 e. The molecule has 2 heterocycles. The first-order chi connectivity index (χ1) is 14.2. The van der Waals surface area contributed by atoms with Gasteiger partial charge < -0.3 is 10.1 Å². The number of hydrogen-bond acceptors (Lipinski definition) is 8. The maximum atomic E-state index is 12.5. The zero-order valence-electron chi connectivity index (χ0n) is 17.4. The number of thiazole rings is 1. The molecule has 0 fully saturated rings. The van der Waals surface area contributed by atoms with E-state index in [1.165, 1.54) is 0 Å². The predicted molar refractivity (Wildman–Crippen MR) is 117 cm³/mol. The van der Waals surface area contributed by atoms with Crippen molar-refractivity contribution in [1.29, 1.82) is 0 Å². The van der Waals surface area contributed by atoms with E-state index in [-0.39, 0.29) is 12.0 Å². The van der Waals surface area contributed by atoms with Gasteiger partial charge in [-0.3, -0.25) is 10.1 Å². The minimum absolute atomic E-state index is 0.224. The van der Waals surface area contributed by atoms with Gasteiger partial charge in [0.1, 0.15) is 4.88 Å². The number of aromatic nitrogens is 3. The molecule has 0 radical (unpaired) electrons. The number of rotatable bonds is 6. The fraction of sp³-hybridized carbons (Fsp3) is 0.286. The molecular weight excluding hydrogens is 402 g/mol. The third kappa shape index (κ3) is 5.38. The molecular formula is C21H23N5O3S. The predicted octanol–water partition coefficient (Wildman–Crippen LogP) is 4.42. The van der Waals surface area contributed by atoms with Gasteiger partial charge in [0.05, 0.1) is 11.8 Å². The normalized spacial score (nSPS) is 10.7. The number of nitrogens with zero attached hydrogens (tertiary/aromatic N) is 3. The average molecular weight is 426 g/mol. The summed E-state index contributed by atoms with van der Waals surface area (Å²) in [6.45, 7) is 9.07. The third-order valence-corrected chi connectivity index (χ3v) is 4.98. The number of carbonyl (C=O) groups is 2. The molecule has 0 atom stereocenters. The Labute approximate surface area is 178 Å². The highest BCUT2D eigenvalue weighted by Gasteiger charge is 2.19. The van der Waals surface area contributed by atoms with E-state index in [9.17, 15) is 9.59 Å². The molecule has 8 nitrogen and oxygen atoms in total. The molecule has 0 saturated heterocycles. The van der Waals surface area contributed by atoms with E-state index in [4.69, 9.17) is 4.74 Å². The topological polar surface area (TPSA) is 106 Å². The second-order valence-corrected chi connectivity index (χ2v) is 8.02. The van der Waals surface area contributed by atoms with Gasteiger partial charge in [-0.15, -0.1) is 0 Å². The Hall–Kier alpha value is -3.33. The van der Waals surface area contributed by atoms with Crippen LogP contribution in [0.4, 0.5) is 16.8 Å². The summed E-state index contributed by atoms with van der Waals surface area (Å²) >= 11 is 1.09. The van der Waals surface area contributed by atoms with Gasteiger partial charge >= 0.3 is 5.97 Å². The van der Waals surface area contributed by atoms with E-state index in [0.29, 0.717) is 27.2 Å². The summed E-state index contributed by atoms with van der Waals surface area (Å²) in [5.74, 6) is -0.255. The summed E-state index contributed by atoms with van der Waals surface area (Å²) in [6, 6.07) is 8.82. The largest absolute Gasteiger partial charge is 0.459 e. The number of anilines is 3. The minimum atomic E-state index is -0.440. The Kier molecular flexibility index (Phi) is 6.41. The first-order valence-corrected chi connectivity index (χ1v) is 10.2. The van der Waals surface area contributed by atoms with Crippen LogP contribution >= 0.6 is 11.3 Å². The lowest BCUT2D eigenvalue weighted by Crippen LogP contribution is -2.11. The van der Waals surface area contributed by atoms with Gasteiger partial charge in [0, 0.05) is 22.6 Å². The molecule has 9 heteroatoms. The molecule has 3 aromatic rings. The van der Waals surface area contributed by atoms with E-state index >= 15 is 0 Å². The molecule has 0 unspecified atom stereocenters. The van der Waals surface area contributed by atoms with Crippen LogP contribution in [0.2, 0.25) is 0 Å². The number of benzene rings is 1. The molecule has 0 saturated carbocycles. The summed E-state index contributed by atoms with van der Waals surface area (Å²) in [5.41, 5.74) is 3.49. The number of ether oxygens (including phenoxy) is 1. The van der Waals surface area contributed by atoms with Crippen molar-refractivity contribution in [3.8, 4) is 0 Å². The SMILES string of the molecule is Cc1cc(C)nc(Nc2ccc(C(=O)Nc3nc(C)c(C(=O)OC(C)C)s3)cc2)n1. The van der Waals surface area contributed by atoms with Crippen molar-refractivity contribution < 1.29 is 14.3 Å². The molecule has 1 aromatic carbocycles. The van der Waals surface area contributed by atoms with Crippen LogP contribution in [0.5, 0.6) is 0 Å². The first-order valence-electron chi connectivity index (χ1n) is 9.40. The Morgan fingerprint density at radius 1 is 1.00 bits per heavy atom. The molecule has 0 aliphatic heterocycles. The maximum Gasteiger partial charge on any atom is 0.350 e. The maximum absolute atomic E-state index is 12.5. The van der Waals surface area contributed by atoms with E-state index in [0.717, 1.165) is 28.4 Å². The molecule has 2 N–H and O–H groups in total. The van der Waals surface area contributed by atoms with Crippen LogP contribution in [0.15, 0.2) is 30.3 Å². The van der Waals surface area contributed by atoms with Crippen molar-refractivity contribution in [2.75, 3.05) is 10.6 Å². The van der Waals surface area contributed by atoms with Crippen molar-refractivity contribution in [1.82, 2.24) is 15.0 Å².